The van der Waals surface area contributed by atoms with Gasteiger partial charge in [0.2, 0.25) is 11.8 Å². The van der Waals surface area contributed by atoms with Crippen molar-refractivity contribution in [1.29, 1.82) is 0 Å². The lowest BCUT2D eigenvalue weighted by Gasteiger charge is -2.16. The molecule has 4 rings (SSSR count). The van der Waals surface area contributed by atoms with Crippen LogP contribution in [0.3, 0.4) is 0 Å². The lowest BCUT2D eigenvalue weighted by Crippen LogP contribution is -2.23. The summed E-state index contributed by atoms with van der Waals surface area (Å²) in [5.41, 5.74) is 2.25. The summed E-state index contributed by atoms with van der Waals surface area (Å²) in [7, 11) is 0. The van der Waals surface area contributed by atoms with Crippen LogP contribution in [-0.2, 0) is 9.59 Å². The second kappa shape index (κ2) is 6.88. The van der Waals surface area contributed by atoms with Gasteiger partial charge >= 0.3 is 0 Å². The van der Waals surface area contributed by atoms with Crippen molar-refractivity contribution in [3.8, 4) is 0 Å². The number of hydrogen-bond donors (Lipinski definition) is 1. The van der Waals surface area contributed by atoms with E-state index < -0.39 is 0 Å². The second-order valence-corrected chi connectivity index (χ2v) is 6.21. The number of furan rings is 1. The minimum absolute atomic E-state index is 0.123. The fraction of sp³-hybridized carbons (Fsp3) is 0.143. The van der Waals surface area contributed by atoms with Gasteiger partial charge in [-0.2, -0.15) is 0 Å². The fourth-order valence-corrected chi connectivity index (χ4v) is 3.10. The maximum Gasteiger partial charge on any atom is 0.248 e. The Kier molecular flexibility index (Phi) is 4.27. The smallest absolute Gasteiger partial charge is 0.248 e. The number of carbonyl (C=O) groups excluding carboxylic acids is 2. The van der Waals surface area contributed by atoms with Gasteiger partial charge in [-0.1, -0.05) is 24.3 Å². The number of amides is 2. The third kappa shape index (κ3) is 3.37. The number of para-hydroxylation sites is 1. The summed E-state index contributed by atoms with van der Waals surface area (Å²) in [6.45, 7) is 0.724. The van der Waals surface area contributed by atoms with Crippen LogP contribution >= 0.6 is 0 Å². The van der Waals surface area contributed by atoms with Gasteiger partial charge in [-0.3, -0.25) is 9.59 Å². The summed E-state index contributed by atoms with van der Waals surface area (Å²) in [5, 5.41) is 3.82. The molecule has 1 aliphatic heterocycles. The fourth-order valence-electron chi connectivity index (χ4n) is 3.10. The Morgan fingerprint density at radius 1 is 1.12 bits per heavy atom. The van der Waals surface area contributed by atoms with E-state index in [2.05, 4.69) is 5.32 Å². The van der Waals surface area contributed by atoms with Gasteiger partial charge in [-0.05, 0) is 42.8 Å². The Hall–Kier alpha value is -3.34. The largest absolute Gasteiger partial charge is 0.457 e. The van der Waals surface area contributed by atoms with E-state index in [1.54, 1.807) is 17.0 Å². The van der Waals surface area contributed by atoms with Crippen LogP contribution in [0.25, 0.3) is 17.0 Å². The third-order valence-electron chi connectivity index (χ3n) is 4.34. The zero-order valence-electron chi connectivity index (χ0n) is 14.1. The summed E-state index contributed by atoms with van der Waals surface area (Å²) in [5.74, 6) is 0.492. The quantitative estimate of drug-likeness (QED) is 0.720. The van der Waals surface area contributed by atoms with Gasteiger partial charge in [0.05, 0.1) is 0 Å². The first-order valence-corrected chi connectivity index (χ1v) is 8.57. The predicted octanol–water partition coefficient (Wildman–Crippen LogP) is 4.21. The number of fused-ring (bicyclic) bond motifs is 1. The first-order valence-electron chi connectivity index (χ1n) is 8.57. The first kappa shape index (κ1) is 16.1. The Morgan fingerprint density at radius 2 is 2.00 bits per heavy atom. The van der Waals surface area contributed by atoms with Crippen molar-refractivity contribution in [3.63, 3.8) is 0 Å². The van der Waals surface area contributed by atoms with Crippen LogP contribution in [0.15, 0.2) is 65.1 Å². The minimum atomic E-state index is -0.254. The SMILES string of the molecule is O=C(C=Cc1cc2ccccc2o1)Nc1cccc(N2CCCC2=O)c1. The van der Waals surface area contributed by atoms with E-state index in [0.29, 0.717) is 17.9 Å². The number of nitrogens with one attached hydrogen (secondary N) is 1. The van der Waals surface area contributed by atoms with E-state index >= 15 is 0 Å². The van der Waals surface area contributed by atoms with E-state index in [1.165, 1.54) is 6.08 Å². The molecule has 0 radical (unpaired) electrons. The van der Waals surface area contributed by atoms with Gasteiger partial charge in [-0.25, -0.2) is 0 Å². The standard InChI is InChI=1S/C21H18N2O3/c24-20(11-10-18-13-15-5-1-2-8-19(15)26-18)22-16-6-3-7-17(14-16)23-12-4-9-21(23)25/h1-3,5-8,10-11,13-14H,4,9,12H2,(H,22,24). The van der Waals surface area contributed by atoms with Crippen molar-refractivity contribution < 1.29 is 14.0 Å². The highest BCUT2D eigenvalue weighted by Gasteiger charge is 2.21. The monoisotopic (exact) mass is 346 g/mol. The Labute approximate surface area is 150 Å². The van der Waals surface area contributed by atoms with Gasteiger partial charge in [0.15, 0.2) is 0 Å². The van der Waals surface area contributed by atoms with E-state index in [0.717, 1.165) is 29.6 Å². The molecule has 0 saturated carbocycles. The molecule has 0 atom stereocenters. The molecule has 1 saturated heterocycles. The molecule has 1 aliphatic rings. The molecule has 1 fully saturated rings. The van der Waals surface area contributed by atoms with Gasteiger partial charge < -0.3 is 14.6 Å². The van der Waals surface area contributed by atoms with E-state index in [-0.39, 0.29) is 11.8 Å². The Morgan fingerprint density at radius 3 is 2.81 bits per heavy atom. The van der Waals surface area contributed by atoms with Crippen molar-refractivity contribution in [2.24, 2.45) is 0 Å². The summed E-state index contributed by atoms with van der Waals surface area (Å²) >= 11 is 0. The van der Waals surface area contributed by atoms with Crippen LogP contribution in [-0.4, -0.2) is 18.4 Å². The van der Waals surface area contributed by atoms with Gasteiger partial charge in [0.25, 0.3) is 0 Å². The molecular formula is C21H18N2O3. The molecular weight excluding hydrogens is 328 g/mol. The van der Waals surface area contributed by atoms with Gasteiger partial charge in [0, 0.05) is 35.8 Å². The van der Waals surface area contributed by atoms with Crippen LogP contribution in [0, 0.1) is 0 Å². The summed E-state index contributed by atoms with van der Waals surface area (Å²) in [4.78, 5) is 25.8. The highest BCUT2D eigenvalue weighted by Crippen LogP contribution is 2.24. The van der Waals surface area contributed by atoms with Crippen LogP contribution in [0.5, 0.6) is 0 Å². The highest BCUT2D eigenvalue weighted by molar-refractivity contribution is 6.03. The average Bonchev–Trinajstić information content (AvgIpc) is 3.25. The topological polar surface area (TPSA) is 62.6 Å². The number of nitrogens with zero attached hydrogens (tertiary/aromatic N) is 1. The van der Waals surface area contributed by atoms with Crippen LogP contribution in [0.2, 0.25) is 0 Å². The lowest BCUT2D eigenvalue weighted by molar-refractivity contribution is -0.117. The molecule has 26 heavy (non-hydrogen) atoms. The zero-order valence-corrected chi connectivity index (χ0v) is 14.1. The molecule has 3 aromatic rings. The molecule has 130 valence electrons. The summed E-state index contributed by atoms with van der Waals surface area (Å²) < 4.78 is 5.66. The number of rotatable bonds is 4. The predicted molar refractivity (Wildman–Crippen MR) is 102 cm³/mol. The molecule has 0 spiro atoms. The Bertz CT molecular complexity index is 970. The van der Waals surface area contributed by atoms with Crippen molar-refractivity contribution >= 4 is 40.2 Å². The van der Waals surface area contributed by atoms with Gasteiger partial charge in [-0.15, -0.1) is 0 Å². The Balaban J connectivity index is 1.45. The van der Waals surface area contributed by atoms with Gasteiger partial charge in [0.1, 0.15) is 11.3 Å². The number of hydrogen-bond acceptors (Lipinski definition) is 3. The number of benzene rings is 2. The summed E-state index contributed by atoms with van der Waals surface area (Å²) in [6.07, 6.45) is 4.53. The molecule has 2 aromatic carbocycles. The van der Waals surface area contributed by atoms with E-state index in [4.69, 9.17) is 4.42 Å². The maximum atomic E-state index is 12.2. The molecule has 5 nitrogen and oxygen atoms in total. The molecule has 0 aliphatic carbocycles. The average molecular weight is 346 g/mol. The lowest BCUT2D eigenvalue weighted by atomic mass is 10.2. The van der Waals surface area contributed by atoms with Crippen molar-refractivity contribution in [3.05, 3.63) is 66.4 Å². The van der Waals surface area contributed by atoms with E-state index in [1.807, 2.05) is 48.5 Å². The molecule has 0 unspecified atom stereocenters. The van der Waals surface area contributed by atoms with Crippen LogP contribution in [0.1, 0.15) is 18.6 Å². The zero-order chi connectivity index (χ0) is 17.9. The number of carbonyl (C=O) groups is 2. The normalized spacial score (nSPS) is 14.5. The summed E-state index contributed by atoms with van der Waals surface area (Å²) in [6, 6.07) is 16.9. The first-order chi connectivity index (χ1) is 12.7. The van der Waals surface area contributed by atoms with Crippen LogP contribution < -0.4 is 10.2 Å². The molecule has 0 bridgehead atoms. The minimum Gasteiger partial charge on any atom is -0.457 e. The van der Waals surface area contributed by atoms with Crippen molar-refractivity contribution in [1.82, 2.24) is 0 Å². The highest BCUT2D eigenvalue weighted by atomic mass is 16.3. The molecule has 2 heterocycles. The molecule has 1 N–H and O–H groups in total. The maximum absolute atomic E-state index is 12.2. The molecule has 2 amide bonds. The van der Waals surface area contributed by atoms with Crippen LogP contribution in [0.4, 0.5) is 11.4 Å². The molecule has 1 aromatic heterocycles. The number of anilines is 2. The van der Waals surface area contributed by atoms with Crippen molar-refractivity contribution in [2.45, 2.75) is 12.8 Å². The molecule has 5 heteroatoms. The van der Waals surface area contributed by atoms with E-state index in [9.17, 15) is 9.59 Å². The third-order valence-corrected chi connectivity index (χ3v) is 4.34. The second-order valence-electron chi connectivity index (χ2n) is 6.21. The van der Waals surface area contributed by atoms with Crippen molar-refractivity contribution in [2.75, 3.05) is 16.8 Å².